The third kappa shape index (κ3) is 15.0. The summed E-state index contributed by atoms with van der Waals surface area (Å²) in [7, 11) is 0. The maximum absolute atomic E-state index is 15.6. The van der Waals surface area contributed by atoms with Gasteiger partial charge in [0.15, 0.2) is 5.60 Å². The fraction of sp³-hybridized carbons (Fsp3) is 0.526. The zero-order valence-electron chi connectivity index (χ0n) is 58.3. The molecule has 1 saturated heterocycles. The number of hydrogen-bond acceptors (Lipinski definition) is 14. The molecule has 0 radical (unpaired) electrons. The Morgan fingerprint density at radius 1 is 0.859 bits per heavy atom. The number of anilines is 1. The largest absolute Gasteiger partial charge is 0.458 e. The lowest BCUT2D eigenvalue weighted by Gasteiger charge is -2.52. The zero-order chi connectivity index (χ0) is 70.9. The Morgan fingerprint density at radius 3 is 2.30 bits per heavy atom. The molecule has 5 aromatic rings. The number of amides is 7. The molecule has 7 amide bonds. The number of halogens is 1. The van der Waals surface area contributed by atoms with Gasteiger partial charge in [-0.15, -0.1) is 0 Å². The molecular weight excluding hydrogens is 1260 g/mol. The lowest BCUT2D eigenvalue weighted by molar-refractivity contribution is -0.172. The number of carbonyl (C=O) groups is 8. The average molecular weight is 1360 g/mol. The SMILES string of the molecule is CC[C@@]1(O)C(=O)OCc2c1cc1n(c2=O)Cc2c-1nc1cc(F)c(C)c3c1c2[C@@H](NC(=O)CNC(=O)[C@H](CCCCN)NC(=O)[C@@H](NC(=O)CCC(C)(C)OCCC(C)(C)C(=O)N1CCC2(CC1)CC(C(=O)NCCC(=O)N1Cc4ccccc4/C=C\c4ccccc41)C2)C(C)C)CC3. The van der Waals surface area contributed by atoms with Crippen LogP contribution >= 0.6 is 0 Å². The quantitative estimate of drug-likeness (QED) is 0.0213. The number of aliphatic hydroxyl groups is 1. The first-order chi connectivity index (χ1) is 47.1. The first kappa shape index (κ1) is 71.6. The van der Waals surface area contributed by atoms with Gasteiger partial charge in [-0.1, -0.05) is 89.2 Å². The molecule has 0 bridgehead atoms. The second kappa shape index (κ2) is 29.3. The van der Waals surface area contributed by atoms with Crippen molar-refractivity contribution in [2.45, 2.75) is 194 Å². The summed E-state index contributed by atoms with van der Waals surface area (Å²) >= 11 is 0. The van der Waals surface area contributed by atoms with Crippen molar-refractivity contribution in [3.05, 3.63) is 127 Å². The number of aryl methyl sites for hydroxylation is 1. The summed E-state index contributed by atoms with van der Waals surface area (Å²) in [5.41, 5.74) is 9.40. The van der Waals surface area contributed by atoms with Crippen LogP contribution in [0.5, 0.6) is 0 Å². The number of nitrogens with two attached hydrogens (primary N) is 1. The number of fused-ring (bicyclic) bond motifs is 7. The maximum Gasteiger partial charge on any atom is 0.343 e. The fourth-order valence-corrected chi connectivity index (χ4v) is 15.4. The number of carbonyl (C=O) groups excluding carboxylic acids is 8. The number of hydrogen-bond donors (Lipinski definition) is 7. The lowest BCUT2D eigenvalue weighted by Crippen LogP contribution is -2.56. The number of para-hydroxylation sites is 1. The van der Waals surface area contributed by atoms with Gasteiger partial charge < -0.3 is 61.3 Å². The number of pyridine rings is 2. The molecule has 6 heterocycles. The van der Waals surface area contributed by atoms with Crippen molar-refractivity contribution in [1.29, 1.82) is 0 Å². The number of unbranched alkanes of at least 4 members (excludes halogenated alkanes) is 1. The average Bonchev–Trinajstić information content (AvgIpc) is 1.61. The van der Waals surface area contributed by atoms with E-state index in [-0.39, 0.29) is 98.1 Å². The fourth-order valence-electron chi connectivity index (χ4n) is 15.4. The van der Waals surface area contributed by atoms with Crippen molar-refractivity contribution in [3.63, 3.8) is 0 Å². The van der Waals surface area contributed by atoms with Gasteiger partial charge in [-0.25, -0.2) is 14.2 Å². The summed E-state index contributed by atoms with van der Waals surface area (Å²) < 4.78 is 28.7. The Morgan fingerprint density at radius 2 is 1.58 bits per heavy atom. The van der Waals surface area contributed by atoms with Crippen LogP contribution in [-0.2, 0) is 79.5 Å². The summed E-state index contributed by atoms with van der Waals surface area (Å²) in [5.74, 6) is -4.05. The lowest BCUT2D eigenvalue weighted by atomic mass is 9.57. The van der Waals surface area contributed by atoms with Crippen LogP contribution in [0.3, 0.4) is 0 Å². The summed E-state index contributed by atoms with van der Waals surface area (Å²) in [6.07, 6.45) is 10.1. The normalized spacial score (nSPS) is 19.2. The van der Waals surface area contributed by atoms with Crippen molar-refractivity contribution in [2.75, 3.05) is 44.2 Å². The van der Waals surface area contributed by atoms with E-state index >= 15 is 4.39 Å². The number of cyclic esters (lactones) is 1. The number of aromatic nitrogens is 2. The molecule has 0 unspecified atom stereocenters. The number of piperidine rings is 1. The van der Waals surface area contributed by atoms with E-state index in [2.05, 4.69) is 32.7 Å². The van der Waals surface area contributed by atoms with E-state index in [1.807, 2.05) is 92.1 Å². The van der Waals surface area contributed by atoms with Gasteiger partial charge in [-0.2, -0.15) is 0 Å². The van der Waals surface area contributed by atoms with Crippen LogP contribution in [0, 0.1) is 35.4 Å². The number of rotatable bonds is 25. The Balaban J connectivity index is 0.623. The minimum Gasteiger partial charge on any atom is -0.458 e. The molecule has 528 valence electrons. The number of likely N-dealkylation sites (tertiary alicyclic amines) is 1. The highest BCUT2D eigenvalue weighted by molar-refractivity contribution is 5.98. The molecule has 8 N–H and O–H groups in total. The van der Waals surface area contributed by atoms with E-state index in [4.69, 9.17) is 20.2 Å². The molecular formula is C76H95FN10O12. The molecule has 1 saturated carbocycles. The molecule has 4 atom stereocenters. The molecule has 11 rings (SSSR count). The predicted octanol–water partition coefficient (Wildman–Crippen LogP) is 7.74. The Bertz CT molecular complexity index is 4110. The van der Waals surface area contributed by atoms with Gasteiger partial charge >= 0.3 is 5.97 Å². The van der Waals surface area contributed by atoms with Crippen molar-refractivity contribution in [3.8, 4) is 11.4 Å². The van der Waals surface area contributed by atoms with Gasteiger partial charge in [0.05, 0.1) is 59.4 Å². The third-order valence-electron chi connectivity index (χ3n) is 21.6. The van der Waals surface area contributed by atoms with Crippen LogP contribution in [-0.4, -0.2) is 124 Å². The number of benzene rings is 3. The maximum atomic E-state index is 15.6. The summed E-state index contributed by atoms with van der Waals surface area (Å²) in [5, 5.41) is 26.7. The van der Waals surface area contributed by atoms with Crippen molar-refractivity contribution in [1.82, 2.24) is 41.0 Å². The monoisotopic (exact) mass is 1360 g/mol. The van der Waals surface area contributed by atoms with E-state index in [9.17, 15) is 48.3 Å². The molecule has 2 aromatic heterocycles. The molecule has 6 aliphatic rings. The minimum atomic E-state index is -2.06. The summed E-state index contributed by atoms with van der Waals surface area (Å²) in [4.78, 5) is 133. The van der Waals surface area contributed by atoms with Crippen LogP contribution in [0.15, 0.2) is 65.5 Å². The van der Waals surface area contributed by atoms with Gasteiger partial charge in [0, 0.05) is 73.0 Å². The van der Waals surface area contributed by atoms with Gasteiger partial charge in [0.1, 0.15) is 24.5 Å². The van der Waals surface area contributed by atoms with Crippen LogP contribution in [0.25, 0.3) is 34.4 Å². The van der Waals surface area contributed by atoms with Crippen molar-refractivity contribution >= 4 is 76.1 Å². The van der Waals surface area contributed by atoms with E-state index in [0.717, 1.165) is 53.6 Å². The number of nitrogens with one attached hydrogen (secondary N) is 5. The van der Waals surface area contributed by atoms with Crippen LogP contribution in [0.2, 0.25) is 0 Å². The molecule has 3 aromatic carbocycles. The first-order valence-corrected chi connectivity index (χ1v) is 35.2. The van der Waals surface area contributed by atoms with Gasteiger partial charge in [0.25, 0.3) is 5.56 Å². The molecule has 23 heteroatoms. The Kier molecular flexibility index (Phi) is 21.2. The smallest absolute Gasteiger partial charge is 0.343 e. The standard InChI is InChI=1S/C76H95FN10O12/c1-9-76(97)53-36-59-66-51(42-87(59)70(94)52(53)43-98-72(76)96)64-55(24-23-50-45(4)54(77)37-57(82-66)63(50)64)81-61(89)40-80-68(92)56(19-14-15-31-78)83-69(93)65(44(2)3)84-60(88)25-27-74(7,8)99-35-30-73(5,6)71(95)85-33-28-75(29-34-85)38-49(39-75)67(91)79-32-26-62(90)86-41-48-18-11-10-16-46(48)21-22-47-17-12-13-20-58(47)86/h10-13,16-18,20-22,36-37,44,49,55-56,65,97H,9,14-15,19,23-35,38-43,78H2,1-8H3,(H,79,91)(H,80,92)(H,81,89)(H,83,93)(H,84,88)/b22-21-/t55-,56-,65-,76-/m0/s1. The Labute approximate surface area is 577 Å². The molecule has 2 fully saturated rings. The molecule has 1 spiro atoms. The minimum absolute atomic E-state index is 0.00595. The number of ether oxygens (including phenoxy) is 2. The number of nitrogens with zero attached hydrogens (tertiary/aromatic N) is 4. The first-order valence-electron chi connectivity index (χ1n) is 35.2. The van der Waals surface area contributed by atoms with E-state index in [0.29, 0.717) is 104 Å². The second-order valence-electron chi connectivity index (χ2n) is 29.6. The van der Waals surface area contributed by atoms with Crippen molar-refractivity contribution in [2.24, 2.45) is 28.4 Å². The topological polar surface area (TPSA) is 303 Å². The molecule has 4 aliphatic heterocycles. The molecule has 99 heavy (non-hydrogen) atoms. The van der Waals surface area contributed by atoms with Crippen molar-refractivity contribution < 1.29 is 57.3 Å². The summed E-state index contributed by atoms with van der Waals surface area (Å²) in [6, 6.07) is 16.0. The van der Waals surface area contributed by atoms with Gasteiger partial charge in [0.2, 0.25) is 41.4 Å². The van der Waals surface area contributed by atoms with E-state index < -0.39 is 82.3 Å². The van der Waals surface area contributed by atoms with Crippen LogP contribution in [0.1, 0.15) is 188 Å². The predicted molar refractivity (Wildman–Crippen MR) is 372 cm³/mol. The van der Waals surface area contributed by atoms with Gasteiger partial charge in [-0.05, 0) is 161 Å². The Hall–Kier alpha value is -8.67. The summed E-state index contributed by atoms with van der Waals surface area (Å²) in [6.45, 7) is 16.2. The molecule has 2 aliphatic carbocycles. The second-order valence-corrected chi connectivity index (χ2v) is 29.6. The zero-order valence-corrected chi connectivity index (χ0v) is 58.3. The highest BCUT2D eigenvalue weighted by Gasteiger charge is 2.50. The van der Waals surface area contributed by atoms with Crippen LogP contribution < -0.4 is 42.8 Å². The van der Waals surface area contributed by atoms with Crippen LogP contribution in [0.4, 0.5) is 10.1 Å². The van der Waals surface area contributed by atoms with E-state index in [1.165, 1.54) is 10.6 Å². The third-order valence-corrected chi connectivity index (χ3v) is 21.6. The highest BCUT2D eigenvalue weighted by atomic mass is 19.1. The molecule has 22 nitrogen and oxygen atoms in total. The van der Waals surface area contributed by atoms with Gasteiger partial charge in [-0.3, -0.25) is 38.4 Å². The number of esters is 1. The highest BCUT2D eigenvalue weighted by Crippen LogP contribution is 2.53. The van der Waals surface area contributed by atoms with E-state index in [1.54, 1.807) is 33.8 Å².